The second-order valence-electron chi connectivity index (χ2n) is 3.12. The van der Waals surface area contributed by atoms with E-state index in [4.69, 9.17) is 0 Å². The summed E-state index contributed by atoms with van der Waals surface area (Å²) in [4.78, 5) is 0. The molecule has 0 atom stereocenters. The molecule has 1 rings (SSSR count). The molecule has 0 aromatic heterocycles. The molecule has 0 amide bonds. The van der Waals surface area contributed by atoms with Crippen LogP contribution in [0.4, 0.5) is 5.69 Å². The maximum atomic E-state index is 3.38. The van der Waals surface area contributed by atoms with Gasteiger partial charge in [0, 0.05) is 15.8 Å². The Hall–Kier alpha value is -0.510. The lowest BCUT2D eigenvalue weighted by atomic mass is 10.3. The van der Waals surface area contributed by atoms with Crippen LogP contribution in [-0.4, -0.2) is 6.54 Å². The van der Waals surface area contributed by atoms with Gasteiger partial charge in [-0.1, -0.05) is 37.6 Å². The number of unbranched alkanes of at least 4 members (excludes halogenated alkanes) is 1. The smallest absolute Gasteiger partial charge is 0.0478 e. The van der Waals surface area contributed by atoms with Crippen LogP contribution in [0.3, 0.4) is 0 Å². The summed E-state index contributed by atoms with van der Waals surface area (Å²) in [6, 6.07) is 8.33. The molecule has 0 aliphatic heterocycles. The highest BCUT2D eigenvalue weighted by Gasteiger charge is 1.93. The maximum Gasteiger partial charge on any atom is 0.0478 e. The van der Waals surface area contributed by atoms with E-state index in [2.05, 4.69) is 71.2 Å². The van der Waals surface area contributed by atoms with E-state index in [-0.39, 0.29) is 0 Å². The van der Waals surface area contributed by atoms with E-state index in [0.29, 0.717) is 0 Å². The molecule has 1 aromatic carbocycles. The molecule has 1 nitrogen and oxygen atoms in total. The molecule has 0 aliphatic carbocycles. The lowest BCUT2D eigenvalue weighted by Crippen LogP contribution is -1.99. The number of nitrogens with one attached hydrogen (secondary N) is 1. The highest BCUT2D eigenvalue weighted by molar-refractivity contribution is 14.1. The van der Waals surface area contributed by atoms with Gasteiger partial charge < -0.3 is 5.32 Å². The second kappa shape index (κ2) is 6.87. The number of allylic oxidation sites excluding steroid dienone is 1. The van der Waals surface area contributed by atoms with Crippen LogP contribution < -0.4 is 5.32 Å². The standard InChI is InChI=1S/C12H16IN/c1-2-3-4-7-10-14-12-9-6-5-8-11(12)13/h4-9,14H,2-3,10H2,1H3/b7-4+. The average Bonchev–Trinajstić information content (AvgIpc) is 2.20. The molecule has 0 aliphatic rings. The highest BCUT2D eigenvalue weighted by Crippen LogP contribution is 2.16. The molecular formula is C12H16IN. The summed E-state index contributed by atoms with van der Waals surface area (Å²) in [6.07, 6.45) is 6.81. The third-order valence-electron chi connectivity index (χ3n) is 1.91. The molecule has 1 N–H and O–H groups in total. The van der Waals surface area contributed by atoms with Crippen LogP contribution >= 0.6 is 22.6 Å². The van der Waals surface area contributed by atoms with E-state index >= 15 is 0 Å². The van der Waals surface area contributed by atoms with Crippen molar-refractivity contribution in [3.63, 3.8) is 0 Å². The van der Waals surface area contributed by atoms with Gasteiger partial charge in [-0.2, -0.15) is 0 Å². The Morgan fingerprint density at radius 1 is 1.29 bits per heavy atom. The number of hydrogen-bond acceptors (Lipinski definition) is 1. The molecule has 14 heavy (non-hydrogen) atoms. The topological polar surface area (TPSA) is 12.0 Å². The highest BCUT2D eigenvalue weighted by atomic mass is 127. The van der Waals surface area contributed by atoms with Crippen LogP contribution in [-0.2, 0) is 0 Å². The van der Waals surface area contributed by atoms with Crippen molar-refractivity contribution in [3.8, 4) is 0 Å². The zero-order valence-corrected chi connectivity index (χ0v) is 10.6. The number of para-hydroxylation sites is 1. The Balaban J connectivity index is 2.35. The average molecular weight is 301 g/mol. The summed E-state index contributed by atoms with van der Waals surface area (Å²) < 4.78 is 1.27. The Labute approximate surface area is 99.7 Å². The Kier molecular flexibility index (Phi) is 5.68. The van der Waals surface area contributed by atoms with E-state index in [1.807, 2.05) is 0 Å². The molecule has 0 saturated heterocycles. The fourth-order valence-electron chi connectivity index (χ4n) is 1.14. The van der Waals surface area contributed by atoms with Crippen LogP contribution in [0.25, 0.3) is 0 Å². The van der Waals surface area contributed by atoms with Crippen molar-refractivity contribution in [1.82, 2.24) is 0 Å². The lowest BCUT2D eigenvalue weighted by molar-refractivity contribution is 0.955. The summed E-state index contributed by atoms with van der Waals surface area (Å²) in [5, 5.41) is 3.38. The van der Waals surface area contributed by atoms with E-state index in [1.165, 1.54) is 22.1 Å². The van der Waals surface area contributed by atoms with Crippen molar-refractivity contribution in [1.29, 1.82) is 0 Å². The fourth-order valence-corrected chi connectivity index (χ4v) is 1.72. The molecule has 0 radical (unpaired) electrons. The molecule has 76 valence electrons. The summed E-state index contributed by atoms with van der Waals surface area (Å²) in [7, 11) is 0. The summed E-state index contributed by atoms with van der Waals surface area (Å²) in [6.45, 7) is 3.11. The van der Waals surface area contributed by atoms with Gasteiger partial charge in [0.25, 0.3) is 0 Å². The normalized spacial score (nSPS) is 10.7. The van der Waals surface area contributed by atoms with Gasteiger partial charge in [-0.25, -0.2) is 0 Å². The van der Waals surface area contributed by atoms with E-state index in [9.17, 15) is 0 Å². The molecule has 0 saturated carbocycles. The van der Waals surface area contributed by atoms with Crippen LogP contribution in [0.5, 0.6) is 0 Å². The van der Waals surface area contributed by atoms with Crippen LogP contribution in [0.2, 0.25) is 0 Å². The van der Waals surface area contributed by atoms with Gasteiger partial charge >= 0.3 is 0 Å². The summed E-state index contributed by atoms with van der Waals surface area (Å²) in [5.74, 6) is 0. The molecule has 0 heterocycles. The van der Waals surface area contributed by atoms with Gasteiger partial charge in [0.05, 0.1) is 0 Å². The fraction of sp³-hybridized carbons (Fsp3) is 0.333. The van der Waals surface area contributed by atoms with Gasteiger partial charge in [0.15, 0.2) is 0 Å². The molecular weight excluding hydrogens is 285 g/mol. The molecule has 1 aromatic rings. The zero-order valence-electron chi connectivity index (χ0n) is 8.46. The minimum Gasteiger partial charge on any atom is -0.381 e. The first-order valence-electron chi connectivity index (χ1n) is 4.98. The lowest BCUT2D eigenvalue weighted by Gasteiger charge is -2.04. The summed E-state index contributed by atoms with van der Waals surface area (Å²) in [5.41, 5.74) is 1.22. The molecule has 0 bridgehead atoms. The number of hydrogen-bond donors (Lipinski definition) is 1. The molecule has 0 fully saturated rings. The van der Waals surface area contributed by atoms with Gasteiger partial charge in [-0.05, 0) is 41.1 Å². The van der Waals surface area contributed by atoms with E-state index < -0.39 is 0 Å². The number of anilines is 1. The van der Waals surface area contributed by atoms with Crippen molar-refractivity contribution < 1.29 is 0 Å². The first-order chi connectivity index (χ1) is 6.84. The Morgan fingerprint density at radius 3 is 2.79 bits per heavy atom. The first kappa shape index (κ1) is 11.6. The van der Waals surface area contributed by atoms with Crippen molar-refractivity contribution in [2.45, 2.75) is 19.8 Å². The Bertz CT molecular complexity index is 294. The quantitative estimate of drug-likeness (QED) is 0.639. The van der Waals surface area contributed by atoms with Crippen LogP contribution in [0, 0.1) is 3.57 Å². The number of benzene rings is 1. The molecule has 0 unspecified atom stereocenters. The van der Waals surface area contributed by atoms with Crippen molar-refractivity contribution in [2.75, 3.05) is 11.9 Å². The minimum atomic E-state index is 0.917. The first-order valence-corrected chi connectivity index (χ1v) is 6.06. The van der Waals surface area contributed by atoms with Crippen molar-refractivity contribution in [2.24, 2.45) is 0 Å². The van der Waals surface area contributed by atoms with Crippen LogP contribution in [0.15, 0.2) is 36.4 Å². The van der Waals surface area contributed by atoms with Crippen molar-refractivity contribution >= 4 is 28.3 Å². The third-order valence-corrected chi connectivity index (χ3v) is 2.85. The van der Waals surface area contributed by atoms with Gasteiger partial charge in [0.2, 0.25) is 0 Å². The zero-order chi connectivity index (χ0) is 10.2. The Morgan fingerprint density at radius 2 is 2.07 bits per heavy atom. The SMILES string of the molecule is CCC/C=C/CNc1ccccc1I. The van der Waals surface area contributed by atoms with Gasteiger partial charge in [-0.15, -0.1) is 0 Å². The van der Waals surface area contributed by atoms with Crippen molar-refractivity contribution in [3.05, 3.63) is 40.0 Å². The second-order valence-corrected chi connectivity index (χ2v) is 4.28. The summed E-state index contributed by atoms with van der Waals surface area (Å²) >= 11 is 2.34. The van der Waals surface area contributed by atoms with Crippen LogP contribution in [0.1, 0.15) is 19.8 Å². The van der Waals surface area contributed by atoms with E-state index in [0.717, 1.165) is 6.54 Å². The number of halogens is 1. The van der Waals surface area contributed by atoms with E-state index in [1.54, 1.807) is 0 Å². The monoisotopic (exact) mass is 301 g/mol. The third kappa shape index (κ3) is 4.13. The van der Waals surface area contributed by atoms with Gasteiger partial charge in [0.1, 0.15) is 0 Å². The maximum absolute atomic E-state index is 3.38. The molecule has 0 spiro atoms. The predicted molar refractivity (Wildman–Crippen MR) is 71.7 cm³/mol. The minimum absolute atomic E-state index is 0.917. The predicted octanol–water partition coefficient (Wildman–Crippen LogP) is 4.06. The van der Waals surface area contributed by atoms with Gasteiger partial charge in [-0.3, -0.25) is 0 Å². The molecule has 2 heteroatoms. The number of rotatable bonds is 5. The largest absolute Gasteiger partial charge is 0.381 e.